The standard InChI is InChI=1S/C14H12N4O2S/c19-14(9-1-2-11-12(5-9)21-8-16-11)18-4-3-10(6-18)13-15-7-20-17-13/h1-2,5,7-8,10H,3-4,6H2/t10-/m1/s1. The van der Waals surface area contributed by atoms with E-state index < -0.39 is 0 Å². The van der Waals surface area contributed by atoms with Crippen LogP contribution in [0.2, 0.25) is 0 Å². The molecule has 1 aliphatic heterocycles. The zero-order valence-electron chi connectivity index (χ0n) is 11.1. The number of amides is 1. The van der Waals surface area contributed by atoms with Gasteiger partial charge in [0, 0.05) is 24.6 Å². The second kappa shape index (κ2) is 4.92. The fraction of sp³-hybridized carbons (Fsp3) is 0.286. The Labute approximate surface area is 124 Å². The lowest BCUT2D eigenvalue weighted by Gasteiger charge is -2.15. The molecule has 0 unspecified atom stereocenters. The number of nitrogens with zero attached hydrogens (tertiary/aromatic N) is 4. The molecule has 1 fully saturated rings. The number of carbonyl (C=O) groups excluding carboxylic acids is 1. The van der Waals surface area contributed by atoms with E-state index in [4.69, 9.17) is 4.52 Å². The molecule has 0 saturated carbocycles. The number of likely N-dealkylation sites (tertiary alicyclic amines) is 1. The molecule has 1 aromatic carbocycles. The summed E-state index contributed by atoms with van der Waals surface area (Å²) in [6.07, 6.45) is 2.20. The lowest BCUT2D eigenvalue weighted by atomic mass is 10.1. The van der Waals surface area contributed by atoms with Gasteiger partial charge in [-0.1, -0.05) is 5.16 Å². The molecule has 0 radical (unpaired) electrons. The summed E-state index contributed by atoms with van der Waals surface area (Å²) in [5.41, 5.74) is 3.43. The first-order valence-corrected chi connectivity index (χ1v) is 7.58. The van der Waals surface area contributed by atoms with E-state index in [9.17, 15) is 4.79 Å². The number of fused-ring (bicyclic) bond motifs is 1. The van der Waals surface area contributed by atoms with Crippen molar-refractivity contribution < 1.29 is 9.32 Å². The Morgan fingerprint density at radius 3 is 3.19 bits per heavy atom. The van der Waals surface area contributed by atoms with Gasteiger partial charge in [0.15, 0.2) is 5.82 Å². The second-order valence-electron chi connectivity index (χ2n) is 5.06. The summed E-state index contributed by atoms with van der Waals surface area (Å²) >= 11 is 1.55. The average molecular weight is 300 g/mol. The van der Waals surface area contributed by atoms with Crippen molar-refractivity contribution in [2.24, 2.45) is 0 Å². The summed E-state index contributed by atoms with van der Waals surface area (Å²) < 4.78 is 5.81. The van der Waals surface area contributed by atoms with Crippen LogP contribution in [-0.2, 0) is 0 Å². The molecule has 1 amide bonds. The van der Waals surface area contributed by atoms with Gasteiger partial charge in [-0.05, 0) is 24.6 Å². The smallest absolute Gasteiger partial charge is 0.253 e. The zero-order chi connectivity index (χ0) is 14.2. The summed E-state index contributed by atoms with van der Waals surface area (Å²) in [6.45, 7) is 1.36. The molecule has 3 heterocycles. The van der Waals surface area contributed by atoms with E-state index in [0.717, 1.165) is 23.2 Å². The molecule has 2 aromatic heterocycles. The van der Waals surface area contributed by atoms with Crippen molar-refractivity contribution in [2.45, 2.75) is 12.3 Å². The topological polar surface area (TPSA) is 72.1 Å². The van der Waals surface area contributed by atoms with Crippen LogP contribution in [0.5, 0.6) is 0 Å². The summed E-state index contributed by atoms with van der Waals surface area (Å²) in [4.78, 5) is 22.7. The van der Waals surface area contributed by atoms with E-state index in [1.807, 2.05) is 23.1 Å². The molecule has 106 valence electrons. The number of thiazole rings is 1. The predicted octanol–water partition coefficient (Wildman–Crippen LogP) is 2.31. The summed E-state index contributed by atoms with van der Waals surface area (Å²) in [5.74, 6) is 0.902. The Morgan fingerprint density at radius 2 is 2.33 bits per heavy atom. The Hall–Kier alpha value is -2.28. The minimum absolute atomic E-state index is 0.0521. The Bertz CT molecular complexity index is 783. The van der Waals surface area contributed by atoms with Crippen molar-refractivity contribution in [3.05, 3.63) is 41.5 Å². The zero-order valence-corrected chi connectivity index (χ0v) is 11.9. The highest BCUT2D eigenvalue weighted by Gasteiger charge is 2.30. The number of carbonyl (C=O) groups is 1. The molecule has 4 rings (SSSR count). The SMILES string of the molecule is O=C(c1ccc2ncsc2c1)N1CC[C@@H](c2ncon2)C1. The minimum atomic E-state index is 0.0521. The maximum atomic E-state index is 12.6. The number of hydrogen-bond donors (Lipinski definition) is 0. The first kappa shape index (κ1) is 12.5. The van der Waals surface area contributed by atoms with Crippen LogP contribution in [0.4, 0.5) is 0 Å². The van der Waals surface area contributed by atoms with Gasteiger partial charge >= 0.3 is 0 Å². The molecule has 1 atom stereocenters. The molecular formula is C14H12N4O2S. The summed E-state index contributed by atoms with van der Waals surface area (Å²) in [7, 11) is 0. The van der Waals surface area contributed by atoms with Crippen molar-refractivity contribution in [1.82, 2.24) is 20.0 Å². The fourth-order valence-electron chi connectivity index (χ4n) is 2.68. The third kappa shape index (κ3) is 2.19. The van der Waals surface area contributed by atoms with Crippen LogP contribution < -0.4 is 0 Å². The molecule has 1 saturated heterocycles. The first-order chi connectivity index (χ1) is 10.3. The van der Waals surface area contributed by atoms with Gasteiger partial charge in [0.2, 0.25) is 6.39 Å². The summed E-state index contributed by atoms with van der Waals surface area (Å²) in [6, 6.07) is 5.65. The van der Waals surface area contributed by atoms with E-state index in [1.54, 1.807) is 16.8 Å². The Balaban J connectivity index is 1.55. The molecule has 0 spiro atoms. The first-order valence-electron chi connectivity index (χ1n) is 6.70. The van der Waals surface area contributed by atoms with Crippen LogP contribution in [0, 0.1) is 0 Å². The van der Waals surface area contributed by atoms with Gasteiger partial charge in [-0.25, -0.2) is 4.98 Å². The number of benzene rings is 1. The molecule has 0 bridgehead atoms. The molecule has 0 N–H and O–H groups in total. The van der Waals surface area contributed by atoms with Crippen LogP contribution in [0.3, 0.4) is 0 Å². The maximum absolute atomic E-state index is 12.6. The van der Waals surface area contributed by atoms with E-state index in [1.165, 1.54) is 6.39 Å². The van der Waals surface area contributed by atoms with E-state index in [2.05, 4.69) is 15.1 Å². The largest absolute Gasteiger partial charge is 0.343 e. The van der Waals surface area contributed by atoms with Gasteiger partial charge in [-0.2, -0.15) is 4.98 Å². The fourth-order valence-corrected chi connectivity index (χ4v) is 3.40. The monoisotopic (exact) mass is 300 g/mol. The third-order valence-corrected chi connectivity index (χ3v) is 4.59. The lowest BCUT2D eigenvalue weighted by Crippen LogP contribution is -2.28. The van der Waals surface area contributed by atoms with Crippen LogP contribution in [0.1, 0.15) is 28.5 Å². The molecule has 3 aromatic rings. The summed E-state index contributed by atoms with van der Waals surface area (Å²) in [5, 5.41) is 3.87. The number of rotatable bonds is 2. The molecule has 6 nitrogen and oxygen atoms in total. The van der Waals surface area contributed by atoms with Crippen molar-refractivity contribution in [1.29, 1.82) is 0 Å². The molecule has 7 heteroatoms. The highest BCUT2D eigenvalue weighted by Crippen LogP contribution is 2.27. The second-order valence-corrected chi connectivity index (χ2v) is 5.95. The maximum Gasteiger partial charge on any atom is 0.253 e. The van der Waals surface area contributed by atoms with Crippen molar-refractivity contribution >= 4 is 27.5 Å². The molecule has 1 aliphatic rings. The quantitative estimate of drug-likeness (QED) is 0.726. The highest BCUT2D eigenvalue weighted by atomic mass is 32.1. The van der Waals surface area contributed by atoms with Crippen LogP contribution in [0.25, 0.3) is 10.2 Å². The predicted molar refractivity (Wildman–Crippen MR) is 77.2 cm³/mol. The van der Waals surface area contributed by atoms with E-state index in [0.29, 0.717) is 17.9 Å². The van der Waals surface area contributed by atoms with E-state index in [-0.39, 0.29) is 11.8 Å². The highest BCUT2D eigenvalue weighted by molar-refractivity contribution is 7.16. The van der Waals surface area contributed by atoms with Crippen molar-refractivity contribution in [3.8, 4) is 0 Å². The van der Waals surface area contributed by atoms with Gasteiger partial charge in [0.05, 0.1) is 15.7 Å². The third-order valence-electron chi connectivity index (χ3n) is 3.80. The van der Waals surface area contributed by atoms with Gasteiger partial charge in [-0.15, -0.1) is 11.3 Å². The van der Waals surface area contributed by atoms with Gasteiger partial charge < -0.3 is 9.42 Å². The van der Waals surface area contributed by atoms with Crippen molar-refractivity contribution in [3.63, 3.8) is 0 Å². The van der Waals surface area contributed by atoms with Gasteiger partial charge in [-0.3, -0.25) is 4.79 Å². The minimum Gasteiger partial charge on any atom is -0.343 e. The van der Waals surface area contributed by atoms with Crippen LogP contribution >= 0.6 is 11.3 Å². The molecule has 21 heavy (non-hydrogen) atoms. The van der Waals surface area contributed by atoms with Gasteiger partial charge in [0.25, 0.3) is 5.91 Å². The Morgan fingerprint density at radius 1 is 1.38 bits per heavy atom. The molecule has 0 aliphatic carbocycles. The van der Waals surface area contributed by atoms with E-state index >= 15 is 0 Å². The normalized spacial score (nSPS) is 18.5. The number of hydrogen-bond acceptors (Lipinski definition) is 6. The van der Waals surface area contributed by atoms with Crippen LogP contribution in [0.15, 0.2) is 34.6 Å². The Kier molecular flexibility index (Phi) is 2.92. The van der Waals surface area contributed by atoms with Crippen molar-refractivity contribution in [2.75, 3.05) is 13.1 Å². The van der Waals surface area contributed by atoms with Crippen LogP contribution in [-0.4, -0.2) is 39.0 Å². The lowest BCUT2D eigenvalue weighted by molar-refractivity contribution is 0.0790. The average Bonchev–Trinajstić information content (AvgIpc) is 3.24. The number of aromatic nitrogens is 3. The van der Waals surface area contributed by atoms with Gasteiger partial charge in [0.1, 0.15) is 0 Å². The molecular weight excluding hydrogens is 288 g/mol.